The second-order valence-electron chi connectivity index (χ2n) is 7.14. The van der Waals surface area contributed by atoms with Crippen molar-refractivity contribution in [2.45, 2.75) is 25.0 Å². The summed E-state index contributed by atoms with van der Waals surface area (Å²) in [5.41, 5.74) is 1.33. The van der Waals surface area contributed by atoms with Gasteiger partial charge in [-0.05, 0) is 44.2 Å². The third-order valence-electron chi connectivity index (χ3n) is 5.22. The van der Waals surface area contributed by atoms with Gasteiger partial charge in [0, 0.05) is 13.1 Å². The van der Waals surface area contributed by atoms with E-state index in [1.807, 2.05) is 31.3 Å². The summed E-state index contributed by atoms with van der Waals surface area (Å²) in [6.45, 7) is 1.75. The number of nitrogens with zero attached hydrogens (tertiary/aromatic N) is 2. The molecule has 1 aromatic heterocycles. The minimum atomic E-state index is -0.990. The Kier molecular flexibility index (Phi) is 5.28. The molecule has 0 aliphatic carbocycles. The van der Waals surface area contributed by atoms with E-state index in [1.54, 1.807) is 0 Å². The van der Waals surface area contributed by atoms with Gasteiger partial charge < -0.3 is 19.4 Å². The molecule has 0 radical (unpaired) electrons. The smallest absolute Gasteiger partial charge is 0.174 e. The van der Waals surface area contributed by atoms with E-state index in [0.717, 1.165) is 37.0 Å². The maximum atomic E-state index is 15.0. The standard InChI is InChI=1S/C21H23F2N3O2/c1-26-11-9-13(10-12-26)28-20(18-14(22)7-8-17(27-2)19(18)23)21-24-15-5-3-4-6-16(15)25-21/h3-8,13,20H,9-12H2,1-2H3,(H,24,25). The van der Waals surface area contributed by atoms with E-state index in [2.05, 4.69) is 14.9 Å². The number of H-pyrrole nitrogens is 1. The predicted molar refractivity (Wildman–Crippen MR) is 102 cm³/mol. The lowest BCUT2D eigenvalue weighted by molar-refractivity contribution is -0.0291. The van der Waals surface area contributed by atoms with Crippen molar-refractivity contribution in [2.24, 2.45) is 0 Å². The predicted octanol–water partition coefficient (Wildman–Crippen LogP) is 4.05. The molecule has 1 saturated heterocycles. The number of piperidine rings is 1. The second kappa shape index (κ2) is 7.85. The van der Waals surface area contributed by atoms with E-state index >= 15 is 4.39 Å². The molecule has 4 rings (SSSR count). The molecule has 7 heteroatoms. The molecule has 1 aliphatic rings. The molecule has 1 atom stereocenters. The summed E-state index contributed by atoms with van der Waals surface area (Å²) in [7, 11) is 3.41. The highest BCUT2D eigenvalue weighted by molar-refractivity contribution is 5.74. The molecule has 1 fully saturated rings. The number of para-hydroxylation sites is 2. The molecule has 148 valence electrons. The first kappa shape index (κ1) is 18.8. The van der Waals surface area contributed by atoms with Crippen LogP contribution in [0.2, 0.25) is 0 Å². The lowest BCUT2D eigenvalue weighted by Gasteiger charge is -2.31. The van der Waals surface area contributed by atoms with Crippen LogP contribution in [0, 0.1) is 11.6 Å². The summed E-state index contributed by atoms with van der Waals surface area (Å²) in [5, 5.41) is 0. The van der Waals surface area contributed by atoms with Crippen LogP contribution in [0.5, 0.6) is 5.75 Å². The average molecular weight is 387 g/mol. The Balaban J connectivity index is 1.77. The van der Waals surface area contributed by atoms with E-state index in [9.17, 15) is 4.39 Å². The monoisotopic (exact) mass is 387 g/mol. The fraction of sp³-hybridized carbons (Fsp3) is 0.381. The highest BCUT2D eigenvalue weighted by Gasteiger charge is 2.31. The number of likely N-dealkylation sites (tertiary alicyclic amines) is 1. The van der Waals surface area contributed by atoms with Crippen molar-refractivity contribution < 1.29 is 18.3 Å². The van der Waals surface area contributed by atoms with Gasteiger partial charge in [0.2, 0.25) is 0 Å². The van der Waals surface area contributed by atoms with Crippen molar-refractivity contribution in [1.82, 2.24) is 14.9 Å². The minimum absolute atomic E-state index is 0.0236. The van der Waals surface area contributed by atoms with E-state index < -0.39 is 17.7 Å². The molecule has 0 saturated carbocycles. The van der Waals surface area contributed by atoms with E-state index in [-0.39, 0.29) is 17.4 Å². The topological polar surface area (TPSA) is 50.4 Å². The quantitative estimate of drug-likeness (QED) is 0.718. The number of methoxy groups -OCH3 is 1. The van der Waals surface area contributed by atoms with Gasteiger partial charge in [-0.3, -0.25) is 0 Å². The molecule has 1 unspecified atom stereocenters. The maximum Gasteiger partial charge on any atom is 0.174 e. The Labute approximate surface area is 162 Å². The molecule has 0 bridgehead atoms. The molecule has 28 heavy (non-hydrogen) atoms. The highest BCUT2D eigenvalue weighted by atomic mass is 19.1. The summed E-state index contributed by atoms with van der Waals surface area (Å²) < 4.78 is 41.1. The Hall–Kier alpha value is -2.51. The van der Waals surface area contributed by atoms with Crippen molar-refractivity contribution >= 4 is 11.0 Å². The number of hydrogen-bond donors (Lipinski definition) is 1. The number of fused-ring (bicyclic) bond motifs is 1. The number of benzene rings is 2. The third kappa shape index (κ3) is 3.59. The van der Waals surface area contributed by atoms with Gasteiger partial charge in [0.1, 0.15) is 17.7 Å². The van der Waals surface area contributed by atoms with Crippen LogP contribution in [0.15, 0.2) is 36.4 Å². The molecule has 3 aromatic rings. The van der Waals surface area contributed by atoms with Crippen molar-refractivity contribution in [2.75, 3.05) is 27.2 Å². The number of imidazole rings is 1. The number of nitrogens with one attached hydrogen (secondary N) is 1. The van der Waals surface area contributed by atoms with Crippen LogP contribution >= 0.6 is 0 Å². The van der Waals surface area contributed by atoms with Crippen molar-refractivity contribution in [3.63, 3.8) is 0 Å². The zero-order valence-electron chi connectivity index (χ0n) is 15.9. The zero-order chi connectivity index (χ0) is 19.7. The van der Waals surface area contributed by atoms with Gasteiger partial charge in [0.05, 0.1) is 29.8 Å². The number of ether oxygens (including phenoxy) is 2. The van der Waals surface area contributed by atoms with E-state index in [1.165, 1.54) is 19.2 Å². The Morgan fingerprint density at radius 1 is 1.14 bits per heavy atom. The summed E-state index contributed by atoms with van der Waals surface area (Å²) in [5.74, 6) is -1.09. The maximum absolute atomic E-state index is 15.0. The number of hydrogen-bond acceptors (Lipinski definition) is 4. The fourth-order valence-electron chi connectivity index (χ4n) is 3.63. The van der Waals surface area contributed by atoms with Crippen molar-refractivity contribution in [1.29, 1.82) is 0 Å². The van der Waals surface area contributed by atoms with Crippen LogP contribution in [0.1, 0.15) is 30.3 Å². The van der Waals surface area contributed by atoms with Gasteiger partial charge >= 0.3 is 0 Å². The Morgan fingerprint density at radius 2 is 1.89 bits per heavy atom. The first-order valence-corrected chi connectivity index (χ1v) is 9.37. The van der Waals surface area contributed by atoms with Crippen molar-refractivity contribution in [3.05, 3.63) is 59.4 Å². The van der Waals surface area contributed by atoms with Gasteiger partial charge in [-0.1, -0.05) is 12.1 Å². The Morgan fingerprint density at radius 3 is 2.61 bits per heavy atom. The van der Waals surface area contributed by atoms with Crippen LogP contribution < -0.4 is 4.74 Å². The van der Waals surface area contributed by atoms with Crippen LogP contribution in [0.25, 0.3) is 11.0 Å². The van der Waals surface area contributed by atoms with Crippen LogP contribution in [-0.2, 0) is 4.74 Å². The van der Waals surface area contributed by atoms with Gasteiger partial charge in [-0.2, -0.15) is 0 Å². The molecular weight excluding hydrogens is 364 g/mol. The molecule has 2 heterocycles. The normalized spacial score (nSPS) is 17.1. The van der Waals surface area contributed by atoms with Crippen molar-refractivity contribution in [3.8, 4) is 5.75 Å². The number of rotatable bonds is 5. The first-order chi connectivity index (χ1) is 13.6. The summed E-state index contributed by atoms with van der Waals surface area (Å²) in [4.78, 5) is 9.92. The van der Waals surface area contributed by atoms with E-state index in [0.29, 0.717) is 5.82 Å². The van der Waals surface area contributed by atoms with Crippen LogP contribution in [0.3, 0.4) is 0 Å². The highest BCUT2D eigenvalue weighted by Crippen LogP contribution is 2.35. The SMILES string of the molecule is COc1ccc(F)c(C(OC2CCN(C)CC2)c2nc3ccccc3[nH]2)c1F. The fourth-order valence-corrected chi connectivity index (χ4v) is 3.63. The molecule has 1 N–H and O–H groups in total. The number of halogens is 2. The van der Waals surface area contributed by atoms with Gasteiger partial charge in [0.15, 0.2) is 11.6 Å². The van der Waals surface area contributed by atoms with Gasteiger partial charge in [-0.15, -0.1) is 0 Å². The number of aromatic nitrogens is 2. The molecule has 0 amide bonds. The molecular formula is C21H23F2N3O2. The van der Waals surface area contributed by atoms with Crippen LogP contribution in [-0.4, -0.2) is 48.2 Å². The first-order valence-electron chi connectivity index (χ1n) is 9.37. The summed E-state index contributed by atoms with van der Waals surface area (Å²) in [6.07, 6.45) is 0.483. The van der Waals surface area contributed by atoms with E-state index in [4.69, 9.17) is 9.47 Å². The largest absolute Gasteiger partial charge is 0.494 e. The molecule has 1 aliphatic heterocycles. The molecule has 0 spiro atoms. The third-order valence-corrected chi connectivity index (χ3v) is 5.22. The summed E-state index contributed by atoms with van der Waals surface area (Å²) in [6, 6.07) is 9.94. The lowest BCUT2D eigenvalue weighted by atomic mass is 10.0. The minimum Gasteiger partial charge on any atom is -0.494 e. The van der Waals surface area contributed by atoms with Crippen LogP contribution in [0.4, 0.5) is 8.78 Å². The molecule has 2 aromatic carbocycles. The second-order valence-corrected chi connectivity index (χ2v) is 7.14. The molecule has 5 nitrogen and oxygen atoms in total. The van der Waals surface area contributed by atoms with Gasteiger partial charge in [-0.25, -0.2) is 13.8 Å². The lowest BCUT2D eigenvalue weighted by Crippen LogP contribution is -2.35. The Bertz CT molecular complexity index is 934. The van der Waals surface area contributed by atoms with Gasteiger partial charge in [0.25, 0.3) is 0 Å². The summed E-state index contributed by atoms with van der Waals surface area (Å²) >= 11 is 0. The average Bonchev–Trinajstić information content (AvgIpc) is 3.13. The zero-order valence-corrected chi connectivity index (χ0v) is 15.9. The number of aromatic amines is 1.